The smallest absolute Gasteiger partial charge is 0.326 e. The third kappa shape index (κ3) is 8.68. The number of halogens is 1. The lowest BCUT2D eigenvalue weighted by atomic mass is 10.2. The molecule has 0 aromatic heterocycles. The maximum absolute atomic E-state index is 13.1. The zero-order chi connectivity index (χ0) is 24.8. The summed E-state index contributed by atoms with van der Waals surface area (Å²) in [5.41, 5.74) is -0.0324. The molecule has 0 saturated carbocycles. The van der Waals surface area contributed by atoms with E-state index in [2.05, 4.69) is 4.72 Å². The number of anilines is 1. The van der Waals surface area contributed by atoms with E-state index < -0.39 is 27.5 Å². The maximum atomic E-state index is 13.1. The molecule has 0 atom stereocenters. The van der Waals surface area contributed by atoms with Crippen molar-refractivity contribution in [3.05, 3.63) is 59.1 Å². The molecule has 0 saturated heterocycles. The maximum Gasteiger partial charge on any atom is 0.326 e. The van der Waals surface area contributed by atoms with Crippen LogP contribution in [-0.4, -0.2) is 69.4 Å². The summed E-state index contributed by atoms with van der Waals surface area (Å²) in [7, 11) is -0.119. The van der Waals surface area contributed by atoms with Crippen molar-refractivity contribution in [3.63, 3.8) is 0 Å². The predicted octanol–water partition coefficient (Wildman–Crippen LogP) is 3.49. The average Bonchev–Trinajstić information content (AvgIpc) is 2.71. The Labute approximate surface area is 200 Å². The number of esters is 1. The lowest BCUT2D eigenvalue weighted by Crippen LogP contribution is -2.42. The molecule has 8 nitrogen and oxygen atoms in total. The van der Waals surface area contributed by atoms with Crippen molar-refractivity contribution in [1.82, 2.24) is 9.80 Å². The Morgan fingerprint density at radius 3 is 2.06 bits per heavy atom. The molecule has 0 radical (unpaired) electrons. The van der Waals surface area contributed by atoms with Gasteiger partial charge in [0.2, 0.25) is 0 Å². The number of nitrogens with zero attached hydrogens (tertiary/aromatic N) is 2. The van der Waals surface area contributed by atoms with Crippen LogP contribution < -0.4 is 4.72 Å². The minimum atomic E-state index is -3.85. The number of carbonyl (C=O) groups is 2. The monoisotopic (exact) mass is 495 g/mol. The van der Waals surface area contributed by atoms with Crippen LogP contribution in [-0.2, 0) is 19.6 Å². The normalized spacial score (nSPS) is 11.8. The second-order valence-electron chi connectivity index (χ2n) is 8.75. The highest BCUT2D eigenvalue weighted by atomic mass is 35.5. The summed E-state index contributed by atoms with van der Waals surface area (Å²) >= 11 is 5.83. The summed E-state index contributed by atoms with van der Waals surface area (Å²) in [4.78, 5) is 28.7. The van der Waals surface area contributed by atoms with E-state index in [-0.39, 0.29) is 17.0 Å². The van der Waals surface area contributed by atoms with Crippen molar-refractivity contribution >= 4 is 39.2 Å². The first-order valence-corrected chi connectivity index (χ1v) is 12.2. The van der Waals surface area contributed by atoms with Crippen LogP contribution >= 0.6 is 11.6 Å². The highest BCUT2D eigenvalue weighted by molar-refractivity contribution is 7.92. The third-order valence-electron chi connectivity index (χ3n) is 4.35. The molecule has 0 aliphatic carbocycles. The largest absolute Gasteiger partial charge is 0.459 e. The third-order valence-corrected chi connectivity index (χ3v) is 6.00. The first kappa shape index (κ1) is 26.6. The highest BCUT2D eigenvalue weighted by Crippen LogP contribution is 2.19. The van der Waals surface area contributed by atoms with Gasteiger partial charge >= 0.3 is 5.97 Å². The van der Waals surface area contributed by atoms with Gasteiger partial charge in [0.15, 0.2) is 0 Å². The molecule has 10 heteroatoms. The summed E-state index contributed by atoms with van der Waals surface area (Å²) in [5, 5.41) is 0.492. The number of hydrogen-bond acceptors (Lipinski definition) is 6. The predicted molar refractivity (Wildman–Crippen MR) is 129 cm³/mol. The first-order valence-electron chi connectivity index (χ1n) is 10.3. The highest BCUT2D eigenvalue weighted by Gasteiger charge is 2.24. The summed E-state index contributed by atoms with van der Waals surface area (Å²) in [6.07, 6.45) is 0. The molecule has 33 heavy (non-hydrogen) atoms. The number of likely N-dealkylation sites (N-methyl/N-ethyl adjacent to an activating group) is 1. The van der Waals surface area contributed by atoms with E-state index in [1.54, 1.807) is 45.0 Å². The Bertz CT molecular complexity index is 1060. The lowest BCUT2D eigenvalue weighted by molar-refractivity contribution is -0.155. The first-order chi connectivity index (χ1) is 15.3. The Kier molecular flexibility index (Phi) is 8.88. The molecule has 0 fully saturated rings. The minimum Gasteiger partial charge on any atom is -0.459 e. The molecular formula is C23H30ClN3O5S. The Morgan fingerprint density at radius 1 is 0.970 bits per heavy atom. The van der Waals surface area contributed by atoms with E-state index in [0.717, 1.165) is 0 Å². The molecule has 2 aromatic carbocycles. The quantitative estimate of drug-likeness (QED) is 0.535. The SMILES string of the molecule is CN(C)CCN(CC(=O)OC(C)(C)C)C(=O)c1ccc(S(=O)(=O)Nc2ccc(Cl)cc2)cc1. The van der Waals surface area contributed by atoms with Crippen LogP contribution in [0.1, 0.15) is 31.1 Å². The van der Waals surface area contributed by atoms with E-state index in [4.69, 9.17) is 16.3 Å². The van der Waals surface area contributed by atoms with Gasteiger partial charge in [0, 0.05) is 29.4 Å². The van der Waals surface area contributed by atoms with Gasteiger partial charge in [0.25, 0.3) is 15.9 Å². The molecule has 0 aliphatic heterocycles. The van der Waals surface area contributed by atoms with Gasteiger partial charge in [-0.2, -0.15) is 0 Å². The van der Waals surface area contributed by atoms with E-state index in [9.17, 15) is 18.0 Å². The summed E-state index contributed by atoms with van der Waals surface area (Å²) in [6.45, 7) is 5.92. The standard InChI is InChI=1S/C23H30ClN3O5S/c1-23(2,3)32-21(28)16-27(15-14-26(4)5)22(29)17-6-12-20(13-7-17)33(30,31)25-19-10-8-18(24)9-11-19/h6-13,25H,14-16H2,1-5H3. The lowest BCUT2D eigenvalue weighted by Gasteiger charge is -2.26. The van der Waals surface area contributed by atoms with E-state index in [1.165, 1.54) is 29.2 Å². The van der Waals surface area contributed by atoms with Crippen molar-refractivity contribution in [1.29, 1.82) is 0 Å². The van der Waals surface area contributed by atoms with Crippen molar-refractivity contribution in [2.75, 3.05) is 38.5 Å². The van der Waals surface area contributed by atoms with Crippen molar-refractivity contribution in [3.8, 4) is 0 Å². The summed E-state index contributed by atoms with van der Waals surface area (Å²) in [5.74, 6) is -0.904. The van der Waals surface area contributed by atoms with Gasteiger partial charge in [-0.25, -0.2) is 8.42 Å². The molecule has 1 N–H and O–H groups in total. The number of rotatable bonds is 9. The van der Waals surface area contributed by atoms with Crippen LogP contribution in [0.15, 0.2) is 53.4 Å². The van der Waals surface area contributed by atoms with Crippen molar-refractivity contribution < 1.29 is 22.7 Å². The average molecular weight is 496 g/mol. The molecule has 0 aliphatic rings. The number of amides is 1. The molecule has 0 unspecified atom stereocenters. The zero-order valence-electron chi connectivity index (χ0n) is 19.5. The van der Waals surface area contributed by atoms with Gasteiger partial charge in [0.1, 0.15) is 12.1 Å². The van der Waals surface area contributed by atoms with E-state index in [0.29, 0.717) is 23.8 Å². The number of hydrogen-bond donors (Lipinski definition) is 1. The van der Waals surface area contributed by atoms with Crippen LogP contribution in [0.3, 0.4) is 0 Å². The summed E-state index contributed by atoms with van der Waals surface area (Å²) in [6, 6.07) is 11.8. The number of carbonyl (C=O) groups excluding carboxylic acids is 2. The molecule has 2 rings (SSSR count). The van der Waals surface area contributed by atoms with Crippen LogP contribution in [0, 0.1) is 0 Å². The molecule has 0 heterocycles. The van der Waals surface area contributed by atoms with Gasteiger partial charge < -0.3 is 14.5 Å². The van der Waals surface area contributed by atoms with Gasteiger partial charge in [-0.05, 0) is 83.4 Å². The molecular weight excluding hydrogens is 466 g/mol. The fourth-order valence-corrected chi connectivity index (χ4v) is 3.98. The molecule has 180 valence electrons. The second-order valence-corrected chi connectivity index (χ2v) is 10.9. The van der Waals surface area contributed by atoms with Gasteiger partial charge in [0.05, 0.1) is 4.90 Å². The van der Waals surface area contributed by atoms with Crippen LogP contribution in [0.5, 0.6) is 0 Å². The fraction of sp³-hybridized carbons (Fsp3) is 0.391. The topological polar surface area (TPSA) is 96.0 Å². The number of nitrogens with one attached hydrogen (secondary N) is 1. The Balaban J connectivity index is 2.18. The minimum absolute atomic E-state index is 0.000911. The van der Waals surface area contributed by atoms with Crippen LogP contribution in [0.2, 0.25) is 5.02 Å². The van der Waals surface area contributed by atoms with Crippen molar-refractivity contribution in [2.24, 2.45) is 0 Å². The summed E-state index contributed by atoms with van der Waals surface area (Å²) < 4.78 is 33.1. The van der Waals surface area contributed by atoms with Gasteiger partial charge in [-0.15, -0.1) is 0 Å². The zero-order valence-corrected chi connectivity index (χ0v) is 21.0. The molecule has 0 spiro atoms. The molecule has 1 amide bonds. The Morgan fingerprint density at radius 2 is 1.55 bits per heavy atom. The van der Waals surface area contributed by atoms with Crippen LogP contribution in [0.4, 0.5) is 5.69 Å². The Hall–Kier alpha value is -2.62. The van der Waals surface area contributed by atoms with E-state index >= 15 is 0 Å². The molecule has 0 bridgehead atoms. The van der Waals surface area contributed by atoms with E-state index in [1.807, 2.05) is 19.0 Å². The fourth-order valence-electron chi connectivity index (χ4n) is 2.79. The number of sulfonamides is 1. The molecule has 2 aromatic rings. The van der Waals surface area contributed by atoms with Gasteiger partial charge in [-0.3, -0.25) is 14.3 Å². The van der Waals surface area contributed by atoms with Crippen LogP contribution in [0.25, 0.3) is 0 Å². The number of ether oxygens (including phenoxy) is 1. The number of benzene rings is 2. The van der Waals surface area contributed by atoms with Gasteiger partial charge in [-0.1, -0.05) is 11.6 Å². The van der Waals surface area contributed by atoms with Crippen molar-refractivity contribution in [2.45, 2.75) is 31.3 Å². The second kappa shape index (κ2) is 11.0.